The van der Waals surface area contributed by atoms with Gasteiger partial charge >= 0.3 is 0 Å². The molecular weight excluding hydrogens is 248 g/mol. The van der Waals surface area contributed by atoms with E-state index in [1.165, 1.54) is 19.2 Å². The highest BCUT2D eigenvalue weighted by Crippen LogP contribution is 2.27. The molecule has 2 rings (SSSR count). The van der Waals surface area contributed by atoms with Gasteiger partial charge in [0.25, 0.3) is 5.69 Å². The van der Waals surface area contributed by atoms with Crippen LogP contribution in [0.2, 0.25) is 0 Å². The van der Waals surface area contributed by atoms with Crippen LogP contribution in [0.3, 0.4) is 0 Å². The van der Waals surface area contributed by atoms with Crippen molar-refractivity contribution in [1.29, 1.82) is 0 Å². The molecule has 1 heterocycles. The maximum absolute atomic E-state index is 10.9. The second-order valence-corrected chi connectivity index (χ2v) is 4.66. The van der Waals surface area contributed by atoms with Gasteiger partial charge in [0.1, 0.15) is 5.75 Å². The molecule has 1 aliphatic heterocycles. The summed E-state index contributed by atoms with van der Waals surface area (Å²) in [6.45, 7) is 2.80. The van der Waals surface area contributed by atoms with Crippen LogP contribution in [0, 0.1) is 10.1 Å². The first-order valence-electron chi connectivity index (χ1n) is 6.32. The lowest BCUT2D eigenvalue weighted by molar-refractivity contribution is -0.384. The van der Waals surface area contributed by atoms with E-state index < -0.39 is 4.92 Å². The van der Waals surface area contributed by atoms with E-state index in [4.69, 9.17) is 9.47 Å². The van der Waals surface area contributed by atoms with Crippen LogP contribution >= 0.6 is 0 Å². The minimum absolute atomic E-state index is 0.0152. The molecule has 1 aromatic rings. The van der Waals surface area contributed by atoms with E-state index in [9.17, 15) is 10.1 Å². The average molecular weight is 266 g/mol. The second-order valence-electron chi connectivity index (χ2n) is 4.66. The molecular formula is C13H18N2O4. The largest absolute Gasteiger partial charge is 0.496 e. The number of benzene rings is 1. The summed E-state index contributed by atoms with van der Waals surface area (Å²) in [6, 6.07) is 4.77. The molecule has 6 heteroatoms. The first kappa shape index (κ1) is 13.6. The normalized spacial score (nSPS) is 20.0. The third kappa shape index (κ3) is 3.35. The van der Waals surface area contributed by atoms with Crippen molar-refractivity contribution in [1.82, 2.24) is 0 Å². The molecule has 1 N–H and O–H groups in total. The van der Waals surface area contributed by atoms with Gasteiger partial charge in [0.05, 0.1) is 24.2 Å². The highest BCUT2D eigenvalue weighted by molar-refractivity contribution is 5.56. The third-order valence-corrected chi connectivity index (χ3v) is 3.25. The fraction of sp³-hybridized carbons (Fsp3) is 0.538. The van der Waals surface area contributed by atoms with Gasteiger partial charge in [-0.05, 0) is 19.8 Å². The van der Waals surface area contributed by atoms with Crippen LogP contribution < -0.4 is 10.1 Å². The van der Waals surface area contributed by atoms with Gasteiger partial charge in [-0.2, -0.15) is 0 Å². The fourth-order valence-corrected chi connectivity index (χ4v) is 2.24. The van der Waals surface area contributed by atoms with Gasteiger partial charge in [-0.1, -0.05) is 0 Å². The molecule has 0 spiro atoms. The monoisotopic (exact) mass is 266 g/mol. The lowest BCUT2D eigenvalue weighted by atomic mass is 10.1. The first-order chi connectivity index (χ1) is 9.10. The number of non-ortho nitro benzene ring substituents is 1. The highest BCUT2D eigenvalue weighted by atomic mass is 16.6. The van der Waals surface area contributed by atoms with Crippen molar-refractivity contribution in [3.05, 3.63) is 28.3 Å². The molecule has 0 saturated carbocycles. The number of hydrogen-bond donors (Lipinski definition) is 1. The number of nitrogens with zero attached hydrogens (tertiary/aromatic N) is 1. The van der Waals surface area contributed by atoms with Crippen LogP contribution in [-0.4, -0.2) is 30.8 Å². The van der Waals surface area contributed by atoms with Crippen LogP contribution in [0.1, 0.15) is 19.8 Å². The van der Waals surface area contributed by atoms with E-state index >= 15 is 0 Å². The third-order valence-electron chi connectivity index (χ3n) is 3.25. The Bertz CT molecular complexity index is 458. The second kappa shape index (κ2) is 5.88. The van der Waals surface area contributed by atoms with E-state index in [1.807, 2.05) is 6.92 Å². The summed E-state index contributed by atoms with van der Waals surface area (Å²) in [5.41, 5.74) is 0.690. The van der Waals surface area contributed by atoms with Gasteiger partial charge in [-0.3, -0.25) is 10.1 Å². The molecule has 0 bridgehead atoms. The van der Waals surface area contributed by atoms with Gasteiger partial charge in [0.15, 0.2) is 0 Å². The maximum Gasteiger partial charge on any atom is 0.275 e. The summed E-state index contributed by atoms with van der Waals surface area (Å²) in [5.74, 6) is 0.469. The Balaban J connectivity index is 2.14. The van der Waals surface area contributed by atoms with Gasteiger partial charge < -0.3 is 14.8 Å². The van der Waals surface area contributed by atoms with Crippen LogP contribution in [0.4, 0.5) is 11.4 Å². The van der Waals surface area contributed by atoms with E-state index in [1.54, 1.807) is 6.07 Å². The highest BCUT2D eigenvalue weighted by Gasteiger charge is 2.22. The van der Waals surface area contributed by atoms with Crippen molar-refractivity contribution in [3.8, 4) is 5.75 Å². The van der Waals surface area contributed by atoms with Crippen LogP contribution in [-0.2, 0) is 4.74 Å². The zero-order valence-electron chi connectivity index (χ0n) is 11.1. The number of hydrogen-bond acceptors (Lipinski definition) is 5. The molecule has 0 aromatic heterocycles. The standard InChI is InChI=1S/C13H18N2O4/c1-9(13-4-3-5-19-13)14-10-6-11(15(16)17)8-12(7-10)18-2/h6-9,13-14H,3-5H2,1-2H3. The number of anilines is 1. The molecule has 2 atom stereocenters. The van der Waals surface area contributed by atoms with Gasteiger partial charge in [0, 0.05) is 30.5 Å². The number of methoxy groups -OCH3 is 1. The Morgan fingerprint density at radius 2 is 2.32 bits per heavy atom. The minimum Gasteiger partial charge on any atom is -0.496 e. The lowest BCUT2D eigenvalue weighted by Gasteiger charge is -2.21. The Kier molecular flexibility index (Phi) is 4.21. The number of nitrogens with one attached hydrogen (secondary N) is 1. The molecule has 1 aliphatic rings. The van der Waals surface area contributed by atoms with Crippen molar-refractivity contribution >= 4 is 11.4 Å². The Morgan fingerprint density at radius 1 is 1.53 bits per heavy atom. The molecule has 0 radical (unpaired) electrons. The predicted molar refractivity (Wildman–Crippen MR) is 71.7 cm³/mol. The first-order valence-corrected chi connectivity index (χ1v) is 6.32. The summed E-state index contributed by atoms with van der Waals surface area (Å²) < 4.78 is 10.7. The molecule has 104 valence electrons. The van der Waals surface area contributed by atoms with Crippen molar-refractivity contribution in [2.24, 2.45) is 0 Å². The van der Waals surface area contributed by atoms with E-state index in [-0.39, 0.29) is 17.8 Å². The molecule has 6 nitrogen and oxygen atoms in total. The fourth-order valence-electron chi connectivity index (χ4n) is 2.24. The van der Waals surface area contributed by atoms with Gasteiger partial charge in [-0.15, -0.1) is 0 Å². The van der Waals surface area contributed by atoms with Crippen LogP contribution in [0.15, 0.2) is 18.2 Å². The number of ether oxygens (including phenoxy) is 2. The summed E-state index contributed by atoms with van der Waals surface area (Å²) in [5, 5.41) is 14.1. The molecule has 2 unspecified atom stereocenters. The average Bonchev–Trinajstić information content (AvgIpc) is 2.92. The molecule has 1 fully saturated rings. The zero-order valence-corrected chi connectivity index (χ0v) is 11.1. The summed E-state index contributed by atoms with van der Waals surface area (Å²) in [6.07, 6.45) is 2.24. The number of nitro benzene ring substituents is 1. The Morgan fingerprint density at radius 3 is 2.89 bits per heavy atom. The zero-order chi connectivity index (χ0) is 13.8. The maximum atomic E-state index is 10.9. The van der Waals surface area contributed by atoms with E-state index in [0.717, 1.165) is 19.4 Å². The summed E-state index contributed by atoms with van der Waals surface area (Å²) in [7, 11) is 1.49. The van der Waals surface area contributed by atoms with Crippen molar-refractivity contribution in [2.45, 2.75) is 31.9 Å². The summed E-state index contributed by atoms with van der Waals surface area (Å²) >= 11 is 0. The SMILES string of the molecule is COc1cc(NC(C)C2CCCO2)cc([N+](=O)[O-])c1. The van der Waals surface area contributed by atoms with Crippen LogP contribution in [0.25, 0.3) is 0 Å². The van der Waals surface area contributed by atoms with Crippen molar-refractivity contribution < 1.29 is 14.4 Å². The smallest absolute Gasteiger partial charge is 0.275 e. The number of rotatable bonds is 5. The quantitative estimate of drug-likeness (QED) is 0.655. The Labute approximate surface area is 111 Å². The molecule has 19 heavy (non-hydrogen) atoms. The predicted octanol–water partition coefficient (Wildman–Crippen LogP) is 2.58. The van der Waals surface area contributed by atoms with Crippen molar-refractivity contribution in [3.63, 3.8) is 0 Å². The molecule has 0 aliphatic carbocycles. The van der Waals surface area contributed by atoms with Crippen LogP contribution in [0.5, 0.6) is 5.75 Å². The van der Waals surface area contributed by atoms with E-state index in [0.29, 0.717) is 11.4 Å². The van der Waals surface area contributed by atoms with Gasteiger partial charge in [0.2, 0.25) is 0 Å². The minimum atomic E-state index is -0.426. The molecule has 1 saturated heterocycles. The Hall–Kier alpha value is -1.82. The van der Waals surface area contributed by atoms with E-state index in [2.05, 4.69) is 5.32 Å². The number of nitro groups is 1. The summed E-state index contributed by atoms with van der Waals surface area (Å²) in [4.78, 5) is 10.4. The molecule has 1 aromatic carbocycles. The van der Waals surface area contributed by atoms with Gasteiger partial charge in [-0.25, -0.2) is 0 Å². The molecule has 0 amide bonds. The lowest BCUT2D eigenvalue weighted by Crippen LogP contribution is -2.29. The topological polar surface area (TPSA) is 73.6 Å². The van der Waals surface area contributed by atoms with Crippen molar-refractivity contribution in [2.75, 3.05) is 19.0 Å².